The van der Waals surface area contributed by atoms with Crippen LogP contribution < -0.4 is 5.32 Å². The third-order valence-electron chi connectivity index (χ3n) is 3.91. The summed E-state index contributed by atoms with van der Waals surface area (Å²) >= 11 is 0. The van der Waals surface area contributed by atoms with Gasteiger partial charge in [0.1, 0.15) is 5.82 Å². The lowest BCUT2D eigenvalue weighted by Gasteiger charge is -2.35. The molecule has 2 aromatic heterocycles. The number of rotatable bonds is 4. The van der Waals surface area contributed by atoms with Crippen LogP contribution in [0.1, 0.15) is 24.4 Å². The lowest BCUT2D eigenvalue weighted by molar-refractivity contribution is 0.144. The summed E-state index contributed by atoms with van der Waals surface area (Å²) in [5, 5.41) is 7.83. The average Bonchev–Trinajstić information content (AvgIpc) is 3.08. The largest absolute Gasteiger partial charge is 0.337 e. The lowest BCUT2D eigenvalue weighted by atomic mass is 10.1. The first-order valence-corrected chi connectivity index (χ1v) is 7.21. The number of hydrogen-bond donors (Lipinski definition) is 1. The van der Waals surface area contributed by atoms with E-state index in [4.69, 9.17) is 0 Å². The van der Waals surface area contributed by atoms with Crippen molar-refractivity contribution >= 4 is 12.4 Å². The maximum Gasteiger partial charge on any atom is 0.127 e. The molecule has 3 rings (SSSR count). The molecule has 0 aliphatic carbocycles. The van der Waals surface area contributed by atoms with E-state index in [1.54, 1.807) is 0 Å². The van der Waals surface area contributed by atoms with Crippen molar-refractivity contribution in [1.82, 2.24) is 29.5 Å². The SMILES string of the molecule is CCn1cc(CN2CCNCC2c2nccn2C)cn1.Cl. The average molecular weight is 311 g/mol. The van der Waals surface area contributed by atoms with Crippen LogP contribution in [-0.2, 0) is 20.1 Å². The number of nitrogens with zero attached hydrogens (tertiary/aromatic N) is 5. The molecule has 3 heterocycles. The topological polar surface area (TPSA) is 50.9 Å². The summed E-state index contributed by atoms with van der Waals surface area (Å²) in [6, 6.07) is 0.328. The summed E-state index contributed by atoms with van der Waals surface area (Å²) in [6.45, 7) is 6.98. The summed E-state index contributed by atoms with van der Waals surface area (Å²) in [5.41, 5.74) is 1.27. The van der Waals surface area contributed by atoms with E-state index in [9.17, 15) is 0 Å². The van der Waals surface area contributed by atoms with Crippen molar-refractivity contribution in [2.45, 2.75) is 26.1 Å². The Labute approximate surface area is 131 Å². The number of imidazole rings is 1. The molecule has 1 atom stereocenters. The predicted octanol–water partition coefficient (Wildman–Crippen LogP) is 1.20. The first kappa shape index (κ1) is 16.0. The van der Waals surface area contributed by atoms with Crippen molar-refractivity contribution in [1.29, 1.82) is 0 Å². The summed E-state index contributed by atoms with van der Waals surface area (Å²) in [6.07, 6.45) is 7.99. The van der Waals surface area contributed by atoms with Crippen LogP contribution in [0, 0.1) is 0 Å². The van der Waals surface area contributed by atoms with Crippen LogP contribution in [0.4, 0.5) is 0 Å². The maximum absolute atomic E-state index is 4.51. The molecule has 7 heteroatoms. The molecule has 0 bridgehead atoms. The fraction of sp³-hybridized carbons (Fsp3) is 0.571. The Kier molecular flexibility index (Phi) is 5.39. The van der Waals surface area contributed by atoms with Crippen molar-refractivity contribution in [3.05, 3.63) is 36.2 Å². The maximum atomic E-state index is 4.51. The van der Waals surface area contributed by atoms with E-state index in [1.807, 2.05) is 23.3 Å². The van der Waals surface area contributed by atoms with Gasteiger partial charge in [-0.15, -0.1) is 12.4 Å². The second-order valence-corrected chi connectivity index (χ2v) is 5.29. The van der Waals surface area contributed by atoms with Gasteiger partial charge in [0, 0.05) is 63.9 Å². The van der Waals surface area contributed by atoms with Gasteiger partial charge in [0.25, 0.3) is 0 Å². The fourth-order valence-electron chi connectivity index (χ4n) is 2.78. The summed E-state index contributed by atoms with van der Waals surface area (Å²) in [4.78, 5) is 7.00. The van der Waals surface area contributed by atoms with Crippen LogP contribution in [0.15, 0.2) is 24.8 Å². The minimum absolute atomic E-state index is 0. The standard InChI is InChI=1S/C14H22N6.ClH/c1-3-20-11-12(8-17-20)10-19-7-4-15-9-13(19)14-16-5-6-18(14)2;/h5-6,8,11,13,15H,3-4,7,9-10H2,1-2H3;1H. The monoisotopic (exact) mass is 310 g/mol. The minimum atomic E-state index is 0. The molecule has 116 valence electrons. The molecule has 1 fully saturated rings. The first-order valence-electron chi connectivity index (χ1n) is 7.21. The van der Waals surface area contributed by atoms with E-state index < -0.39 is 0 Å². The van der Waals surface area contributed by atoms with E-state index >= 15 is 0 Å². The number of nitrogens with one attached hydrogen (secondary N) is 1. The molecule has 6 nitrogen and oxygen atoms in total. The van der Waals surface area contributed by atoms with Gasteiger partial charge in [0.15, 0.2) is 0 Å². The van der Waals surface area contributed by atoms with Crippen molar-refractivity contribution in [2.24, 2.45) is 7.05 Å². The van der Waals surface area contributed by atoms with E-state index in [0.29, 0.717) is 6.04 Å². The number of halogens is 1. The van der Waals surface area contributed by atoms with Gasteiger partial charge in [0.05, 0.1) is 12.2 Å². The smallest absolute Gasteiger partial charge is 0.127 e. The zero-order valence-electron chi connectivity index (χ0n) is 12.6. The quantitative estimate of drug-likeness (QED) is 0.922. The summed E-state index contributed by atoms with van der Waals surface area (Å²) in [5.74, 6) is 1.13. The predicted molar refractivity (Wildman–Crippen MR) is 84.4 cm³/mol. The number of aromatic nitrogens is 4. The molecule has 1 aliphatic rings. The van der Waals surface area contributed by atoms with Crippen LogP contribution in [0.3, 0.4) is 0 Å². The Hall–Kier alpha value is -1.37. The normalized spacial score (nSPS) is 19.4. The highest BCUT2D eigenvalue weighted by Crippen LogP contribution is 2.22. The minimum Gasteiger partial charge on any atom is -0.337 e. The van der Waals surface area contributed by atoms with Crippen LogP contribution in [-0.4, -0.2) is 43.9 Å². The second-order valence-electron chi connectivity index (χ2n) is 5.29. The Balaban J connectivity index is 0.00000161. The molecule has 2 aromatic rings. The molecule has 1 N–H and O–H groups in total. The Morgan fingerprint density at radius 2 is 2.29 bits per heavy atom. The van der Waals surface area contributed by atoms with Crippen molar-refractivity contribution < 1.29 is 0 Å². The third-order valence-corrected chi connectivity index (χ3v) is 3.91. The third kappa shape index (κ3) is 3.45. The van der Waals surface area contributed by atoms with Gasteiger partial charge in [-0.05, 0) is 6.92 Å². The van der Waals surface area contributed by atoms with Crippen molar-refractivity contribution in [3.63, 3.8) is 0 Å². The lowest BCUT2D eigenvalue weighted by Crippen LogP contribution is -2.46. The molecule has 1 unspecified atom stereocenters. The Bertz CT molecular complexity index is 563. The van der Waals surface area contributed by atoms with Crippen molar-refractivity contribution in [3.8, 4) is 0 Å². The molecule has 0 saturated carbocycles. The van der Waals surface area contributed by atoms with Crippen LogP contribution in [0.2, 0.25) is 0 Å². The van der Waals surface area contributed by atoms with Gasteiger partial charge in [-0.1, -0.05) is 0 Å². The van der Waals surface area contributed by atoms with Gasteiger partial charge in [-0.25, -0.2) is 4.98 Å². The molecule has 1 aliphatic heterocycles. The molecule has 0 aromatic carbocycles. The van der Waals surface area contributed by atoms with Gasteiger partial charge in [-0.3, -0.25) is 9.58 Å². The van der Waals surface area contributed by atoms with Crippen LogP contribution in [0.25, 0.3) is 0 Å². The second kappa shape index (κ2) is 7.06. The van der Waals surface area contributed by atoms with Gasteiger partial charge in [0.2, 0.25) is 0 Å². The zero-order chi connectivity index (χ0) is 13.9. The Morgan fingerprint density at radius 3 is 2.95 bits per heavy atom. The highest BCUT2D eigenvalue weighted by Gasteiger charge is 2.26. The highest BCUT2D eigenvalue weighted by atomic mass is 35.5. The number of aryl methyl sites for hydroxylation is 2. The summed E-state index contributed by atoms with van der Waals surface area (Å²) < 4.78 is 4.09. The van der Waals surface area contributed by atoms with Gasteiger partial charge in [-0.2, -0.15) is 5.10 Å². The Morgan fingerprint density at radius 1 is 1.43 bits per heavy atom. The molecular formula is C14H23ClN6. The van der Waals surface area contributed by atoms with E-state index in [2.05, 4.69) is 45.0 Å². The molecule has 0 amide bonds. The van der Waals surface area contributed by atoms with E-state index in [1.165, 1.54) is 5.56 Å². The number of piperazine rings is 1. The van der Waals surface area contributed by atoms with Gasteiger partial charge < -0.3 is 9.88 Å². The summed E-state index contributed by atoms with van der Waals surface area (Å²) in [7, 11) is 2.06. The fourth-order valence-corrected chi connectivity index (χ4v) is 2.78. The van der Waals surface area contributed by atoms with Crippen LogP contribution in [0.5, 0.6) is 0 Å². The van der Waals surface area contributed by atoms with Crippen molar-refractivity contribution in [2.75, 3.05) is 19.6 Å². The molecule has 0 spiro atoms. The first-order chi connectivity index (χ1) is 9.78. The van der Waals surface area contributed by atoms with Crippen LogP contribution >= 0.6 is 12.4 Å². The van der Waals surface area contributed by atoms with E-state index in [-0.39, 0.29) is 12.4 Å². The number of hydrogen-bond acceptors (Lipinski definition) is 4. The molecule has 0 radical (unpaired) electrons. The molecular weight excluding hydrogens is 288 g/mol. The highest BCUT2D eigenvalue weighted by molar-refractivity contribution is 5.85. The van der Waals surface area contributed by atoms with E-state index in [0.717, 1.165) is 38.5 Å². The molecule has 21 heavy (non-hydrogen) atoms. The van der Waals surface area contributed by atoms with Gasteiger partial charge >= 0.3 is 0 Å². The zero-order valence-corrected chi connectivity index (χ0v) is 13.4. The molecule has 1 saturated heterocycles.